The van der Waals surface area contributed by atoms with Crippen LogP contribution in [0.25, 0.3) is 0 Å². The van der Waals surface area contributed by atoms with Gasteiger partial charge in [-0.3, -0.25) is 19.5 Å². The average molecular weight is 913 g/mol. The number of hydrogen-bond acceptors (Lipinski definition) is 14. The number of carbonyl (C=O) groups excluding carboxylic acids is 2. The molecule has 67 heavy (non-hydrogen) atoms. The Bertz CT molecular complexity index is 2370. The number of anilines is 1. The van der Waals surface area contributed by atoms with Crippen LogP contribution in [0, 0.1) is 0 Å². The molecular weight excluding hydrogens is 853 g/mol. The highest BCUT2D eigenvalue weighted by Crippen LogP contribution is 2.41. The third kappa shape index (κ3) is 12.7. The molecule has 4 heterocycles. The zero-order chi connectivity index (χ0) is 46.2. The van der Waals surface area contributed by atoms with Gasteiger partial charge >= 0.3 is 5.97 Å². The molecule has 16 nitrogen and oxygen atoms in total. The van der Waals surface area contributed by atoms with E-state index in [2.05, 4.69) is 61.2 Å². The van der Waals surface area contributed by atoms with Crippen molar-refractivity contribution in [2.45, 2.75) is 55.8 Å². The van der Waals surface area contributed by atoms with E-state index in [1.165, 1.54) is 6.07 Å². The summed E-state index contributed by atoms with van der Waals surface area (Å²) in [5.41, 5.74) is 16.5. The minimum Gasteiger partial charge on any atom is -0.477 e. The fourth-order valence-electron chi connectivity index (χ4n) is 9.09. The Morgan fingerprint density at radius 3 is 2.03 bits per heavy atom. The second-order valence-corrected chi connectivity index (χ2v) is 16.8. The number of nitrogens with zero attached hydrogens (tertiary/aromatic N) is 3. The van der Waals surface area contributed by atoms with Gasteiger partial charge in [-0.15, -0.1) is 0 Å². The molecule has 3 aromatic carbocycles. The molecule has 1 amide bonds. The first-order valence-corrected chi connectivity index (χ1v) is 23.2. The van der Waals surface area contributed by atoms with E-state index in [1.807, 2.05) is 66.7 Å². The van der Waals surface area contributed by atoms with Gasteiger partial charge in [-0.2, -0.15) is 5.53 Å². The fraction of sp³-hybridized carbons (Fsp3) is 0.392. The van der Waals surface area contributed by atoms with Crippen molar-refractivity contribution in [2.24, 2.45) is 0 Å². The van der Waals surface area contributed by atoms with Gasteiger partial charge in [-0.25, -0.2) is 20.6 Å². The molecule has 16 heteroatoms. The minimum absolute atomic E-state index is 0.0170. The van der Waals surface area contributed by atoms with E-state index in [0.29, 0.717) is 96.6 Å². The molecule has 3 aliphatic rings. The Morgan fingerprint density at radius 1 is 0.701 bits per heavy atom. The summed E-state index contributed by atoms with van der Waals surface area (Å²) in [6.45, 7) is 4.85. The Morgan fingerprint density at radius 2 is 1.34 bits per heavy atom. The largest absolute Gasteiger partial charge is 0.477 e. The molecule has 4 atom stereocenters. The van der Waals surface area contributed by atoms with E-state index in [1.54, 1.807) is 18.3 Å². The molecule has 6 N–H and O–H groups in total. The van der Waals surface area contributed by atoms with Crippen molar-refractivity contribution < 1.29 is 38.4 Å². The maximum atomic E-state index is 14.1. The van der Waals surface area contributed by atoms with Crippen LogP contribution >= 0.6 is 0 Å². The number of rotatable bonds is 11. The summed E-state index contributed by atoms with van der Waals surface area (Å²) in [6.07, 6.45) is 3.89. The summed E-state index contributed by atoms with van der Waals surface area (Å²) in [6, 6.07) is 34.4. The van der Waals surface area contributed by atoms with Crippen molar-refractivity contribution in [2.75, 3.05) is 77.8 Å². The lowest BCUT2D eigenvalue weighted by molar-refractivity contribution is -0.120. The predicted octanol–water partition coefficient (Wildman–Crippen LogP) is 5.33. The van der Waals surface area contributed by atoms with Crippen LogP contribution in [-0.4, -0.2) is 116 Å². The zero-order valence-electron chi connectivity index (χ0n) is 37.6. The number of hydrogen-bond donors (Lipinski definition) is 6. The van der Waals surface area contributed by atoms with E-state index < -0.39 is 5.97 Å². The van der Waals surface area contributed by atoms with Crippen molar-refractivity contribution >= 4 is 23.5 Å². The molecule has 5 aromatic rings. The first-order valence-electron chi connectivity index (χ1n) is 23.2. The Hall–Kier alpha value is -5.95. The van der Waals surface area contributed by atoms with E-state index >= 15 is 0 Å². The van der Waals surface area contributed by atoms with Crippen LogP contribution in [0.5, 0.6) is 0 Å². The maximum absolute atomic E-state index is 14.1. The number of pyridine rings is 2. The highest BCUT2D eigenvalue weighted by atomic mass is 16.5. The second kappa shape index (κ2) is 24.2. The van der Waals surface area contributed by atoms with Gasteiger partial charge in [-0.05, 0) is 83.5 Å². The number of nitrogens with one attached hydrogen (secondary N) is 5. The predicted molar refractivity (Wildman–Crippen MR) is 251 cm³/mol. The monoisotopic (exact) mass is 912 g/mol. The molecule has 352 valence electrons. The number of benzene rings is 3. The topological polar surface area (TPSA) is 198 Å². The summed E-state index contributed by atoms with van der Waals surface area (Å²) in [4.78, 5) is 50.3. The van der Waals surface area contributed by atoms with Gasteiger partial charge in [-0.1, -0.05) is 72.8 Å². The van der Waals surface area contributed by atoms with Crippen LogP contribution in [-0.2, 0) is 30.2 Å². The third-order valence-corrected chi connectivity index (χ3v) is 12.5. The molecule has 0 spiro atoms. The van der Waals surface area contributed by atoms with E-state index in [0.717, 1.165) is 33.5 Å². The lowest BCUT2D eigenvalue weighted by Gasteiger charge is -2.32. The Balaban J connectivity index is 0.875. The lowest BCUT2D eigenvalue weighted by atomic mass is 9.76. The summed E-state index contributed by atoms with van der Waals surface area (Å²) in [7, 11) is 0. The SMILES string of the molecule is O=C(NCCC(=O)C1Cc2ccccc2C2NNNC2c2ccccc21)c1ccc(C(c2ccccn2)N2CCOCCOCCC(Nc3cccc(C(=O)O)n3)CCOCCOCC2)cc1. The number of carboxylic acid groups (broad SMARTS) is 1. The fourth-order valence-corrected chi connectivity index (χ4v) is 9.09. The van der Waals surface area contributed by atoms with Crippen molar-refractivity contribution in [3.05, 3.63) is 160 Å². The van der Waals surface area contributed by atoms with Crippen molar-refractivity contribution in [3.63, 3.8) is 0 Å². The van der Waals surface area contributed by atoms with Gasteiger partial charge < -0.3 is 34.7 Å². The molecule has 2 aliphatic heterocycles. The first-order chi connectivity index (χ1) is 32.9. The van der Waals surface area contributed by atoms with Crippen LogP contribution in [0.2, 0.25) is 0 Å². The molecule has 1 aliphatic carbocycles. The number of aromatic carboxylic acids is 1. The maximum Gasteiger partial charge on any atom is 0.354 e. The quantitative estimate of drug-likeness (QED) is 0.0994. The molecule has 0 radical (unpaired) electrons. The number of hydrazine groups is 2. The van der Waals surface area contributed by atoms with Crippen LogP contribution < -0.4 is 27.0 Å². The Kier molecular flexibility index (Phi) is 17.2. The van der Waals surface area contributed by atoms with Gasteiger partial charge in [0.25, 0.3) is 5.91 Å². The van der Waals surface area contributed by atoms with Crippen molar-refractivity contribution in [1.29, 1.82) is 0 Å². The van der Waals surface area contributed by atoms with Crippen LogP contribution in [0.1, 0.15) is 97.7 Å². The van der Waals surface area contributed by atoms with Crippen LogP contribution in [0.3, 0.4) is 0 Å². The normalized spacial score (nSPS) is 20.9. The summed E-state index contributed by atoms with van der Waals surface area (Å²) in [5.74, 6) is -1.10. The van der Waals surface area contributed by atoms with Crippen molar-refractivity contribution in [3.8, 4) is 0 Å². The number of fused-ring (bicyclic) bond motifs is 5. The van der Waals surface area contributed by atoms with E-state index in [9.17, 15) is 19.5 Å². The van der Waals surface area contributed by atoms with Gasteiger partial charge in [0.2, 0.25) is 0 Å². The molecule has 2 fully saturated rings. The molecule has 0 bridgehead atoms. The minimum atomic E-state index is -1.08. The first kappa shape index (κ1) is 47.5. The smallest absolute Gasteiger partial charge is 0.354 e. The van der Waals surface area contributed by atoms with Gasteiger partial charge in [0.1, 0.15) is 11.6 Å². The average Bonchev–Trinajstić information content (AvgIpc) is 3.84. The second-order valence-electron chi connectivity index (χ2n) is 16.8. The number of Topliss-reactive ketones (excluding diaryl/α,β-unsaturated/α-hetero) is 1. The molecule has 8 rings (SSSR count). The highest BCUT2D eigenvalue weighted by molar-refractivity contribution is 5.95. The molecular formula is C51H60N8O8. The van der Waals surface area contributed by atoms with Crippen LogP contribution in [0.4, 0.5) is 5.82 Å². The molecule has 2 saturated heterocycles. The van der Waals surface area contributed by atoms with Gasteiger partial charge in [0.15, 0.2) is 5.69 Å². The highest BCUT2D eigenvalue weighted by Gasteiger charge is 2.37. The number of carboxylic acids is 1. The molecule has 0 saturated carbocycles. The summed E-state index contributed by atoms with van der Waals surface area (Å²) < 4.78 is 24.0. The number of amides is 1. The summed E-state index contributed by atoms with van der Waals surface area (Å²) in [5, 5.41) is 15.7. The Labute approximate surface area is 391 Å². The number of carbonyl (C=O) groups is 3. The molecule has 2 aromatic heterocycles. The third-order valence-electron chi connectivity index (χ3n) is 12.5. The van der Waals surface area contributed by atoms with Crippen LogP contribution in [0.15, 0.2) is 115 Å². The van der Waals surface area contributed by atoms with Gasteiger partial charge in [0.05, 0.1) is 63.5 Å². The summed E-state index contributed by atoms with van der Waals surface area (Å²) >= 11 is 0. The molecule has 4 unspecified atom stereocenters. The van der Waals surface area contributed by atoms with E-state index in [-0.39, 0.29) is 60.4 Å². The standard InChI is InChI=1S/C51H60N8O8/c60-45(42-34-37-8-1-2-9-39(37)47-48(57-58-56-47)41-11-4-3-10-40(41)42)19-23-53-50(61)36-17-15-35(16-18-36)49(43-12-5-6-22-52-43)59-24-28-66-32-30-64-26-20-38(21-27-65-31-33-67-29-25-59)54-46-14-7-13-44(55-46)51(62)63/h1-18,22,38,42,47-49,56-58H,19-21,23-34H2,(H,53,61)(H,54,55)(H,62,63). The van der Waals surface area contributed by atoms with Gasteiger partial charge in [0, 0.05) is 63.0 Å². The van der Waals surface area contributed by atoms with E-state index in [4.69, 9.17) is 23.9 Å². The zero-order valence-corrected chi connectivity index (χ0v) is 37.6. The number of ether oxygens (including phenoxy) is 4. The number of aromatic nitrogens is 2. The lowest BCUT2D eigenvalue weighted by Crippen LogP contribution is -2.36. The number of ketones is 1. The van der Waals surface area contributed by atoms with Crippen molar-refractivity contribution in [1.82, 2.24) is 36.6 Å².